The second kappa shape index (κ2) is 7.68. The molecule has 1 atom stereocenters. The third kappa shape index (κ3) is 6.03. The minimum absolute atomic E-state index is 0.0159. The Hall–Kier alpha value is -2.24. The summed E-state index contributed by atoms with van der Waals surface area (Å²) in [7, 11) is 2.88. The summed E-state index contributed by atoms with van der Waals surface area (Å²) in [5.41, 5.74) is 0.150. The van der Waals surface area contributed by atoms with E-state index >= 15 is 0 Å². The number of methoxy groups -OCH3 is 2. The van der Waals surface area contributed by atoms with Gasteiger partial charge in [-0.05, 0) is 38.5 Å². The lowest BCUT2D eigenvalue weighted by atomic mass is 10.0. The van der Waals surface area contributed by atoms with E-state index in [-0.39, 0.29) is 6.42 Å². The van der Waals surface area contributed by atoms with Gasteiger partial charge in [-0.3, -0.25) is 4.79 Å². The number of esters is 1. The van der Waals surface area contributed by atoms with E-state index in [1.807, 2.05) is 0 Å². The number of benzene rings is 1. The van der Waals surface area contributed by atoms with Crippen molar-refractivity contribution in [2.24, 2.45) is 0 Å². The molecule has 1 N–H and O–H groups in total. The van der Waals surface area contributed by atoms with E-state index in [9.17, 15) is 9.59 Å². The summed E-state index contributed by atoms with van der Waals surface area (Å²) in [4.78, 5) is 23.5. The second-order valence-corrected chi connectivity index (χ2v) is 5.75. The molecule has 0 radical (unpaired) electrons. The van der Waals surface area contributed by atoms with Crippen molar-refractivity contribution in [1.29, 1.82) is 0 Å². The van der Waals surface area contributed by atoms with Crippen LogP contribution in [0.2, 0.25) is 0 Å². The number of nitrogens with one attached hydrogen (secondary N) is 1. The first-order valence-corrected chi connectivity index (χ1v) is 6.95. The average Bonchev–Trinajstić information content (AvgIpc) is 2.44. The lowest BCUT2D eigenvalue weighted by molar-refractivity contribution is -0.141. The Morgan fingerprint density at radius 1 is 1.14 bits per heavy atom. The van der Waals surface area contributed by atoms with Crippen molar-refractivity contribution >= 4 is 12.1 Å². The zero-order valence-electron chi connectivity index (χ0n) is 13.6. The molecule has 0 aliphatic heterocycles. The van der Waals surface area contributed by atoms with Gasteiger partial charge in [0.05, 0.1) is 26.7 Å². The monoisotopic (exact) mass is 309 g/mol. The molecule has 1 unspecified atom stereocenters. The average molecular weight is 309 g/mol. The molecule has 0 saturated carbocycles. The molecule has 0 bridgehead atoms. The maximum Gasteiger partial charge on any atom is 0.408 e. The first-order chi connectivity index (χ1) is 10.2. The number of amides is 1. The fourth-order valence-corrected chi connectivity index (χ4v) is 1.79. The molecule has 0 saturated heterocycles. The summed E-state index contributed by atoms with van der Waals surface area (Å²) in [6.07, 6.45) is -0.570. The van der Waals surface area contributed by atoms with Crippen LogP contribution in [-0.4, -0.2) is 31.9 Å². The van der Waals surface area contributed by atoms with E-state index in [1.54, 1.807) is 52.1 Å². The van der Waals surface area contributed by atoms with Gasteiger partial charge in [-0.15, -0.1) is 0 Å². The van der Waals surface area contributed by atoms with Gasteiger partial charge in [-0.25, -0.2) is 4.79 Å². The summed E-state index contributed by atoms with van der Waals surface area (Å²) in [5.74, 6) is 0.273. The fraction of sp³-hybridized carbons (Fsp3) is 0.500. The Morgan fingerprint density at radius 2 is 1.73 bits per heavy atom. The molecule has 1 rings (SSSR count). The van der Waals surface area contributed by atoms with E-state index in [0.29, 0.717) is 5.75 Å². The highest BCUT2D eigenvalue weighted by molar-refractivity contribution is 5.73. The third-order valence-corrected chi connectivity index (χ3v) is 2.81. The molecule has 6 heteroatoms. The summed E-state index contributed by atoms with van der Waals surface area (Å²) in [6, 6.07) is 6.55. The van der Waals surface area contributed by atoms with Crippen LogP contribution in [0.4, 0.5) is 4.79 Å². The molecule has 0 fully saturated rings. The van der Waals surface area contributed by atoms with Gasteiger partial charge in [0.2, 0.25) is 0 Å². The first-order valence-electron chi connectivity index (χ1n) is 6.95. The van der Waals surface area contributed by atoms with E-state index in [1.165, 1.54) is 7.11 Å². The Morgan fingerprint density at radius 3 is 2.18 bits per heavy atom. The summed E-state index contributed by atoms with van der Waals surface area (Å²) >= 11 is 0. The second-order valence-electron chi connectivity index (χ2n) is 5.75. The lowest BCUT2D eigenvalue weighted by Gasteiger charge is -2.23. The van der Waals surface area contributed by atoms with Gasteiger partial charge in [-0.2, -0.15) is 0 Å². The molecule has 1 aromatic carbocycles. The van der Waals surface area contributed by atoms with Crippen LogP contribution in [0.3, 0.4) is 0 Å². The van der Waals surface area contributed by atoms with Crippen LogP contribution in [0.15, 0.2) is 24.3 Å². The molecule has 0 heterocycles. The Labute approximate surface area is 130 Å². The van der Waals surface area contributed by atoms with Crippen molar-refractivity contribution in [1.82, 2.24) is 5.32 Å². The number of carbonyl (C=O) groups excluding carboxylic acids is 2. The number of carbonyl (C=O) groups is 2. The van der Waals surface area contributed by atoms with Gasteiger partial charge in [-0.1, -0.05) is 12.1 Å². The van der Waals surface area contributed by atoms with Crippen molar-refractivity contribution < 1.29 is 23.8 Å². The lowest BCUT2D eigenvalue weighted by Crippen LogP contribution is -2.35. The van der Waals surface area contributed by atoms with Gasteiger partial charge in [0.25, 0.3) is 0 Å². The molecule has 0 aromatic heterocycles. The van der Waals surface area contributed by atoms with Crippen molar-refractivity contribution in [2.45, 2.75) is 38.8 Å². The highest BCUT2D eigenvalue weighted by Crippen LogP contribution is 2.21. The van der Waals surface area contributed by atoms with Gasteiger partial charge >= 0.3 is 12.1 Å². The molecule has 6 nitrogen and oxygen atoms in total. The molecule has 0 aliphatic rings. The zero-order chi connectivity index (χ0) is 16.8. The smallest absolute Gasteiger partial charge is 0.408 e. The van der Waals surface area contributed by atoms with E-state index in [2.05, 4.69) is 10.1 Å². The van der Waals surface area contributed by atoms with Crippen LogP contribution >= 0.6 is 0 Å². The number of rotatable bonds is 5. The Kier molecular flexibility index (Phi) is 6.22. The minimum atomic E-state index is -0.611. The van der Waals surface area contributed by atoms with Gasteiger partial charge in [0.15, 0.2) is 0 Å². The third-order valence-electron chi connectivity index (χ3n) is 2.81. The van der Waals surface area contributed by atoms with Crippen molar-refractivity contribution in [3.8, 4) is 5.75 Å². The zero-order valence-corrected chi connectivity index (χ0v) is 13.6. The van der Waals surface area contributed by atoms with Crippen molar-refractivity contribution in [2.75, 3.05) is 14.2 Å². The standard InChI is InChI=1S/C16H23NO5/c1-16(2,3)22-15(19)17-13(10-14(18)21-5)11-6-8-12(20-4)9-7-11/h6-9,13H,10H2,1-5H3,(H,17,19). The van der Waals surface area contributed by atoms with Crippen LogP contribution in [-0.2, 0) is 14.3 Å². The molecule has 1 aromatic rings. The van der Waals surface area contributed by atoms with Crippen LogP contribution in [0.25, 0.3) is 0 Å². The highest BCUT2D eigenvalue weighted by Gasteiger charge is 2.23. The van der Waals surface area contributed by atoms with Gasteiger partial charge in [0, 0.05) is 0 Å². The predicted molar refractivity (Wildman–Crippen MR) is 81.7 cm³/mol. The maximum absolute atomic E-state index is 11.9. The molecule has 22 heavy (non-hydrogen) atoms. The molecule has 1 amide bonds. The van der Waals surface area contributed by atoms with Crippen LogP contribution < -0.4 is 10.1 Å². The van der Waals surface area contributed by atoms with Crippen LogP contribution in [0.5, 0.6) is 5.75 Å². The number of hydrogen-bond acceptors (Lipinski definition) is 5. The van der Waals surface area contributed by atoms with E-state index in [4.69, 9.17) is 9.47 Å². The summed E-state index contributed by atoms with van der Waals surface area (Å²) < 4.78 is 15.0. The number of alkyl carbamates (subject to hydrolysis) is 1. The van der Waals surface area contributed by atoms with E-state index < -0.39 is 23.7 Å². The Balaban J connectivity index is 2.87. The van der Waals surface area contributed by atoms with Crippen molar-refractivity contribution in [3.05, 3.63) is 29.8 Å². The fourth-order valence-electron chi connectivity index (χ4n) is 1.79. The molecular formula is C16H23NO5. The summed E-state index contributed by atoms with van der Waals surface area (Å²) in [5, 5.41) is 2.69. The Bertz CT molecular complexity index is 504. The van der Waals surface area contributed by atoms with Gasteiger partial charge in [0.1, 0.15) is 11.4 Å². The first kappa shape index (κ1) is 17.8. The van der Waals surface area contributed by atoms with Crippen molar-refractivity contribution in [3.63, 3.8) is 0 Å². The predicted octanol–water partition coefficient (Wildman–Crippen LogP) is 2.82. The molecule has 122 valence electrons. The summed E-state index contributed by atoms with van der Waals surface area (Å²) in [6.45, 7) is 5.32. The van der Waals surface area contributed by atoms with Crippen LogP contribution in [0, 0.1) is 0 Å². The van der Waals surface area contributed by atoms with E-state index in [0.717, 1.165) is 5.56 Å². The molecule has 0 aliphatic carbocycles. The minimum Gasteiger partial charge on any atom is -0.497 e. The highest BCUT2D eigenvalue weighted by atomic mass is 16.6. The number of ether oxygens (including phenoxy) is 3. The SMILES string of the molecule is COC(=O)CC(NC(=O)OC(C)(C)C)c1ccc(OC)cc1. The topological polar surface area (TPSA) is 73.9 Å². The van der Waals surface area contributed by atoms with Crippen LogP contribution in [0.1, 0.15) is 38.8 Å². The maximum atomic E-state index is 11.9. The quantitative estimate of drug-likeness (QED) is 0.847. The molecule has 0 spiro atoms. The molecular weight excluding hydrogens is 286 g/mol. The largest absolute Gasteiger partial charge is 0.497 e. The number of hydrogen-bond donors (Lipinski definition) is 1. The van der Waals surface area contributed by atoms with Gasteiger partial charge < -0.3 is 19.5 Å². The normalized spacial score (nSPS) is 12.2.